The van der Waals surface area contributed by atoms with Gasteiger partial charge in [0, 0.05) is 22.9 Å². The van der Waals surface area contributed by atoms with Gasteiger partial charge in [-0.2, -0.15) is 0 Å². The number of rotatable bonds is 7. The van der Waals surface area contributed by atoms with E-state index in [9.17, 15) is 14.4 Å². The van der Waals surface area contributed by atoms with E-state index < -0.39 is 23.8 Å². The van der Waals surface area contributed by atoms with Crippen LogP contribution in [0.5, 0.6) is 17.2 Å². The van der Waals surface area contributed by atoms with Crippen molar-refractivity contribution in [1.82, 2.24) is 5.32 Å². The van der Waals surface area contributed by atoms with Crippen LogP contribution in [0.25, 0.3) is 0 Å². The molecule has 0 saturated carbocycles. The minimum absolute atomic E-state index is 0.166. The minimum atomic E-state index is -0.975. The Morgan fingerprint density at radius 1 is 1.06 bits per heavy atom. The first-order valence-electron chi connectivity index (χ1n) is 11.0. The maximum atomic E-state index is 13.8. The zero-order chi connectivity index (χ0) is 25.2. The second-order valence-corrected chi connectivity index (χ2v) is 8.21. The molecule has 0 bridgehead atoms. The SMILES string of the molecule is CCOC(=O)C1=C(C)NC2=C(C(=O)C(C(=O)OC)C(C)C2)C1c1cc(OC)c(OC)c(OC)c1. The fourth-order valence-electron chi connectivity index (χ4n) is 4.76. The molecule has 1 aliphatic carbocycles. The summed E-state index contributed by atoms with van der Waals surface area (Å²) < 4.78 is 26.7. The van der Waals surface area contributed by atoms with Crippen molar-refractivity contribution in [3.8, 4) is 17.2 Å². The maximum absolute atomic E-state index is 13.8. The predicted molar refractivity (Wildman–Crippen MR) is 123 cm³/mol. The predicted octanol–water partition coefficient (Wildman–Crippen LogP) is 2.89. The second-order valence-electron chi connectivity index (χ2n) is 8.21. The van der Waals surface area contributed by atoms with Gasteiger partial charge in [0.2, 0.25) is 5.75 Å². The Labute approximate surface area is 199 Å². The highest BCUT2D eigenvalue weighted by molar-refractivity contribution is 6.12. The summed E-state index contributed by atoms with van der Waals surface area (Å²) in [6.45, 7) is 5.48. The molecule has 1 aromatic rings. The Balaban J connectivity index is 2.29. The fourth-order valence-corrected chi connectivity index (χ4v) is 4.76. The van der Waals surface area contributed by atoms with E-state index in [0.717, 1.165) is 0 Å². The van der Waals surface area contributed by atoms with Gasteiger partial charge in [0.25, 0.3) is 0 Å². The zero-order valence-corrected chi connectivity index (χ0v) is 20.6. The Hall–Kier alpha value is -3.49. The van der Waals surface area contributed by atoms with Crippen molar-refractivity contribution in [1.29, 1.82) is 0 Å². The molecule has 3 atom stereocenters. The molecular formula is C25H31NO8. The molecular weight excluding hydrogens is 442 g/mol. The Morgan fingerprint density at radius 3 is 2.18 bits per heavy atom. The molecule has 1 aromatic carbocycles. The Morgan fingerprint density at radius 2 is 1.68 bits per heavy atom. The minimum Gasteiger partial charge on any atom is -0.493 e. The summed E-state index contributed by atoms with van der Waals surface area (Å²) in [7, 11) is 5.73. The van der Waals surface area contributed by atoms with Gasteiger partial charge in [0.05, 0.1) is 40.6 Å². The van der Waals surface area contributed by atoms with Crippen LogP contribution in [0.4, 0.5) is 0 Å². The van der Waals surface area contributed by atoms with Crippen molar-refractivity contribution in [2.24, 2.45) is 11.8 Å². The summed E-state index contributed by atoms with van der Waals surface area (Å²) >= 11 is 0. The molecule has 0 aromatic heterocycles. The van der Waals surface area contributed by atoms with E-state index in [2.05, 4.69) is 5.32 Å². The topological polar surface area (TPSA) is 109 Å². The van der Waals surface area contributed by atoms with Crippen LogP contribution >= 0.6 is 0 Å². The van der Waals surface area contributed by atoms with Crippen LogP contribution in [0.15, 0.2) is 34.7 Å². The van der Waals surface area contributed by atoms with E-state index in [4.69, 9.17) is 23.7 Å². The molecule has 9 heteroatoms. The maximum Gasteiger partial charge on any atom is 0.336 e. The first-order chi connectivity index (χ1) is 16.2. The van der Waals surface area contributed by atoms with Crippen molar-refractivity contribution in [2.75, 3.05) is 35.0 Å². The lowest BCUT2D eigenvalue weighted by molar-refractivity contribution is -0.151. The van der Waals surface area contributed by atoms with Crippen molar-refractivity contribution in [3.05, 3.63) is 40.2 Å². The largest absolute Gasteiger partial charge is 0.493 e. The lowest BCUT2D eigenvalue weighted by atomic mass is 9.69. The van der Waals surface area contributed by atoms with E-state index in [0.29, 0.717) is 46.2 Å². The number of methoxy groups -OCH3 is 4. The van der Waals surface area contributed by atoms with E-state index in [1.165, 1.54) is 28.4 Å². The standard InChI is InChI=1S/C25H31NO8/c1-8-34-25(29)19-13(3)26-15-9-12(2)18(24(28)33-7)22(27)21(15)20(19)14-10-16(30-4)23(32-6)17(11-14)31-5/h10-12,18,20,26H,8-9H2,1-7H3. The van der Waals surface area contributed by atoms with Crippen LogP contribution in [-0.4, -0.2) is 52.8 Å². The third-order valence-corrected chi connectivity index (χ3v) is 6.26. The van der Waals surface area contributed by atoms with Crippen LogP contribution in [0.1, 0.15) is 38.7 Å². The molecule has 3 rings (SSSR count). The first kappa shape index (κ1) is 25.1. The van der Waals surface area contributed by atoms with Gasteiger partial charge >= 0.3 is 11.9 Å². The van der Waals surface area contributed by atoms with Gasteiger partial charge in [-0.25, -0.2) is 4.79 Å². The highest BCUT2D eigenvalue weighted by atomic mass is 16.5. The summed E-state index contributed by atoms with van der Waals surface area (Å²) in [5.74, 6) is -2.47. The van der Waals surface area contributed by atoms with Gasteiger partial charge in [0.1, 0.15) is 5.92 Å². The number of ketones is 1. The summed E-state index contributed by atoms with van der Waals surface area (Å²) in [5.41, 5.74) is 2.42. The average Bonchev–Trinajstić information content (AvgIpc) is 2.81. The van der Waals surface area contributed by atoms with Gasteiger partial charge < -0.3 is 29.0 Å². The molecule has 0 fully saturated rings. The highest BCUT2D eigenvalue weighted by Crippen LogP contribution is 2.48. The van der Waals surface area contributed by atoms with Crippen LogP contribution in [0.2, 0.25) is 0 Å². The number of hydrogen-bond donors (Lipinski definition) is 1. The number of allylic oxidation sites excluding steroid dienone is 3. The molecule has 3 unspecified atom stereocenters. The monoisotopic (exact) mass is 473 g/mol. The molecule has 1 aliphatic heterocycles. The number of benzene rings is 1. The van der Waals surface area contributed by atoms with Gasteiger partial charge in [-0.1, -0.05) is 6.92 Å². The molecule has 1 N–H and O–H groups in total. The van der Waals surface area contributed by atoms with Crippen molar-refractivity contribution >= 4 is 17.7 Å². The summed E-state index contributed by atoms with van der Waals surface area (Å²) in [5, 5.41) is 3.22. The van der Waals surface area contributed by atoms with Crippen LogP contribution in [-0.2, 0) is 23.9 Å². The molecule has 0 amide bonds. The molecule has 184 valence electrons. The van der Waals surface area contributed by atoms with Crippen molar-refractivity contribution < 1.29 is 38.1 Å². The summed E-state index contributed by atoms with van der Waals surface area (Å²) in [6, 6.07) is 3.40. The lowest BCUT2D eigenvalue weighted by Gasteiger charge is -2.38. The van der Waals surface area contributed by atoms with Gasteiger partial charge in [-0.05, 0) is 43.9 Å². The van der Waals surface area contributed by atoms with Gasteiger partial charge in [-0.15, -0.1) is 0 Å². The summed E-state index contributed by atoms with van der Waals surface area (Å²) in [4.78, 5) is 39.4. The lowest BCUT2D eigenvalue weighted by Crippen LogP contribution is -2.43. The van der Waals surface area contributed by atoms with Crippen molar-refractivity contribution in [2.45, 2.75) is 33.1 Å². The Bertz CT molecular complexity index is 1050. The first-order valence-corrected chi connectivity index (χ1v) is 11.0. The van der Waals surface area contributed by atoms with E-state index >= 15 is 0 Å². The number of carbonyl (C=O) groups excluding carboxylic acids is 3. The third-order valence-electron chi connectivity index (χ3n) is 6.26. The average molecular weight is 474 g/mol. The van der Waals surface area contributed by atoms with Gasteiger partial charge in [-0.3, -0.25) is 9.59 Å². The van der Waals surface area contributed by atoms with E-state index in [-0.39, 0.29) is 23.9 Å². The van der Waals surface area contributed by atoms with Crippen LogP contribution in [0.3, 0.4) is 0 Å². The zero-order valence-electron chi connectivity index (χ0n) is 20.6. The number of carbonyl (C=O) groups is 3. The van der Waals surface area contributed by atoms with Crippen LogP contribution < -0.4 is 19.5 Å². The number of Topliss-reactive ketones (excluding diaryl/α,β-unsaturated/α-hetero) is 1. The number of ether oxygens (including phenoxy) is 5. The number of hydrogen-bond acceptors (Lipinski definition) is 9. The highest BCUT2D eigenvalue weighted by Gasteiger charge is 2.47. The summed E-state index contributed by atoms with van der Waals surface area (Å²) in [6.07, 6.45) is 0.440. The van der Waals surface area contributed by atoms with Gasteiger partial charge in [0.15, 0.2) is 17.3 Å². The fraction of sp³-hybridized carbons (Fsp3) is 0.480. The third kappa shape index (κ3) is 4.22. The molecule has 0 spiro atoms. The normalized spacial score (nSPS) is 22.0. The molecule has 1 heterocycles. The number of esters is 2. The molecule has 9 nitrogen and oxygen atoms in total. The molecule has 0 saturated heterocycles. The smallest absolute Gasteiger partial charge is 0.336 e. The van der Waals surface area contributed by atoms with Crippen molar-refractivity contribution in [3.63, 3.8) is 0 Å². The Kier molecular flexibility index (Phi) is 7.54. The number of nitrogens with one attached hydrogen (secondary N) is 1. The van der Waals surface area contributed by atoms with E-state index in [1.807, 2.05) is 6.92 Å². The quantitative estimate of drug-likeness (QED) is 0.472. The van der Waals surface area contributed by atoms with Crippen LogP contribution in [0, 0.1) is 11.8 Å². The second kappa shape index (κ2) is 10.2. The van der Waals surface area contributed by atoms with E-state index in [1.54, 1.807) is 26.0 Å². The molecule has 2 aliphatic rings. The number of dihydropyridines is 1. The molecule has 0 radical (unpaired) electrons. The molecule has 34 heavy (non-hydrogen) atoms.